The molecule has 0 aliphatic rings. The minimum absolute atomic E-state index is 0.178. The minimum Gasteiger partial charge on any atom is -0.497 e. The van der Waals surface area contributed by atoms with E-state index in [4.69, 9.17) is 9.47 Å². The van der Waals surface area contributed by atoms with Gasteiger partial charge in [-0.3, -0.25) is 0 Å². The molecule has 1 aromatic heterocycles. The van der Waals surface area contributed by atoms with Crippen molar-refractivity contribution in [2.24, 2.45) is 0 Å². The molecule has 6 nitrogen and oxygen atoms in total. The number of carbonyl (C=O) groups is 1. The van der Waals surface area contributed by atoms with Crippen LogP contribution in [0.1, 0.15) is 16.1 Å². The van der Waals surface area contributed by atoms with E-state index in [1.165, 1.54) is 0 Å². The highest BCUT2D eigenvalue weighted by atomic mass is 32.1. The third-order valence-corrected chi connectivity index (χ3v) is 3.54. The summed E-state index contributed by atoms with van der Waals surface area (Å²) >= 11 is 1.10. The van der Waals surface area contributed by atoms with E-state index in [1.54, 1.807) is 39.3 Å². The zero-order chi connectivity index (χ0) is 14.7. The lowest BCUT2D eigenvalue weighted by Crippen LogP contribution is -2.01. The van der Waals surface area contributed by atoms with Crippen molar-refractivity contribution in [1.82, 2.24) is 4.37 Å². The molecule has 0 aliphatic heterocycles. The fourth-order valence-corrected chi connectivity index (χ4v) is 2.53. The second kappa shape index (κ2) is 5.79. The molecule has 2 rings (SSSR count). The first-order valence-electron chi connectivity index (χ1n) is 5.74. The highest BCUT2D eigenvalue weighted by Gasteiger charge is 2.18. The molecular formula is C13H14N2O4S. The smallest absolute Gasteiger partial charge is 0.340 e. The molecule has 0 radical (unpaired) electrons. The Hall–Kier alpha value is -2.28. The Morgan fingerprint density at radius 2 is 1.85 bits per heavy atom. The van der Waals surface area contributed by atoms with Crippen LogP contribution in [0.15, 0.2) is 18.2 Å². The van der Waals surface area contributed by atoms with Crippen LogP contribution >= 0.6 is 11.5 Å². The van der Waals surface area contributed by atoms with Gasteiger partial charge in [0.2, 0.25) is 0 Å². The van der Waals surface area contributed by atoms with Crippen LogP contribution in [0.25, 0.3) is 0 Å². The van der Waals surface area contributed by atoms with E-state index in [9.17, 15) is 9.90 Å². The van der Waals surface area contributed by atoms with Crippen molar-refractivity contribution in [2.75, 3.05) is 19.5 Å². The summed E-state index contributed by atoms with van der Waals surface area (Å²) in [5.41, 5.74) is 1.34. The first kappa shape index (κ1) is 14.1. The number of aryl methyl sites for hydroxylation is 1. The number of hydrogen-bond donors (Lipinski definition) is 2. The molecule has 7 heteroatoms. The van der Waals surface area contributed by atoms with Gasteiger partial charge in [0, 0.05) is 23.9 Å². The molecule has 106 valence electrons. The summed E-state index contributed by atoms with van der Waals surface area (Å²) in [5, 5.41) is 12.7. The van der Waals surface area contributed by atoms with Gasteiger partial charge in [-0.1, -0.05) is 0 Å². The van der Waals surface area contributed by atoms with Crippen LogP contribution in [0.3, 0.4) is 0 Å². The predicted octanol–water partition coefficient (Wildman–Crippen LogP) is 2.91. The van der Waals surface area contributed by atoms with Crippen LogP contribution in [0.2, 0.25) is 0 Å². The van der Waals surface area contributed by atoms with E-state index in [-0.39, 0.29) is 5.56 Å². The van der Waals surface area contributed by atoms with Gasteiger partial charge in [0.1, 0.15) is 22.1 Å². The molecule has 2 aromatic rings. The minimum atomic E-state index is -1.01. The molecule has 0 unspecified atom stereocenters. The molecule has 0 bridgehead atoms. The number of hydrogen-bond acceptors (Lipinski definition) is 6. The number of benzene rings is 1. The molecule has 0 aliphatic carbocycles. The van der Waals surface area contributed by atoms with Crippen molar-refractivity contribution < 1.29 is 19.4 Å². The largest absolute Gasteiger partial charge is 0.497 e. The van der Waals surface area contributed by atoms with Crippen molar-refractivity contribution in [3.05, 3.63) is 29.5 Å². The first-order chi connectivity index (χ1) is 9.55. The monoisotopic (exact) mass is 294 g/mol. The SMILES string of the molecule is COc1cc(Nc2snc(C)c2C(=O)O)cc(OC)c1. The molecule has 0 saturated carbocycles. The van der Waals surface area contributed by atoms with Crippen molar-refractivity contribution in [1.29, 1.82) is 0 Å². The quantitative estimate of drug-likeness (QED) is 0.882. The standard InChI is InChI=1S/C13H14N2O4S/c1-7-11(13(16)17)12(20-15-7)14-8-4-9(18-2)6-10(5-8)19-3/h4-6,14H,1-3H3,(H,16,17). The van der Waals surface area contributed by atoms with Crippen LogP contribution < -0.4 is 14.8 Å². The van der Waals surface area contributed by atoms with Gasteiger partial charge in [-0.2, -0.15) is 4.37 Å². The number of anilines is 2. The van der Waals surface area contributed by atoms with Gasteiger partial charge < -0.3 is 19.9 Å². The fraction of sp³-hybridized carbons (Fsp3) is 0.231. The van der Waals surface area contributed by atoms with E-state index in [0.717, 1.165) is 11.5 Å². The number of ether oxygens (including phenoxy) is 2. The lowest BCUT2D eigenvalue weighted by atomic mass is 10.2. The van der Waals surface area contributed by atoms with Gasteiger partial charge in [-0.05, 0) is 18.5 Å². The molecule has 0 saturated heterocycles. The summed E-state index contributed by atoms with van der Waals surface area (Å²) in [4.78, 5) is 11.2. The van der Waals surface area contributed by atoms with E-state index in [0.29, 0.717) is 27.9 Å². The highest BCUT2D eigenvalue weighted by Crippen LogP contribution is 2.32. The van der Waals surface area contributed by atoms with Crippen LogP contribution in [0, 0.1) is 6.92 Å². The van der Waals surface area contributed by atoms with E-state index in [1.807, 2.05) is 0 Å². The average Bonchev–Trinajstić information content (AvgIpc) is 2.79. The van der Waals surface area contributed by atoms with E-state index in [2.05, 4.69) is 9.69 Å². The number of nitrogens with one attached hydrogen (secondary N) is 1. The number of rotatable bonds is 5. The zero-order valence-corrected chi connectivity index (χ0v) is 12.1. The Morgan fingerprint density at radius 1 is 1.25 bits per heavy atom. The molecule has 20 heavy (non-hydrogen) atoms. The number of aromatic nitrogens is 1. The van der Waals surface area contributed by atoms with Crippen LogP contribution in [-0.4, -0.2) is 29.7 Å². The highest BCUT2D eigenvalue weighted by molar-refractivity contribution is 7.10. The molecule has 0 atom stereocenters. The van der Waals surface area contributed by atoms with E-state index >= 15 is 0 Å². The normalized spacial score (nSPS) is 10.2. The van der Waals surface area contributed by atoms with Crippen molar-refractivity contribution in [3.63, 3.8) is 0 Å². The van der Waals surface area contributed by atoms with Gasteiger partial charge >= 0.3 is 5.97 Å². The predicted molar refractivity (Wildman–Crippen MR) is 76.6 cm³/mol. The summed E-state index contributed by atoms with van der Waals surface area (Å²) in [6, 6.07) is 5.24. The summed E-state index contributed by atoms with van der Waals surface area (Å²) in [7, 11) is 3.11. The number of nitrogens with zero attached hydrogens (tertiary/aromatic N) is 1. The summed E-state index contributed by atoms with van der Waals surface area (Å²) in [6.07, 6.45) is 0. The summed E-state index contributed by atoms with van der Waals surface area (Å²) in [5.74, 6) is 0.225. The molecule has 1 aromatic carbocycles. The number of aromatic carboxylic acids is 1. The Balaban J connectivity index is 2.37. The van der Waals surface area contributed by atoms with Gasteiger partial charge in [0.25, 0.3) is 0 Å². The lowest BCUT2D eigenvalue weighted by Gasteiger charge is -2.09. The second-order valence-corrected chi connectivity index (χ2v) is 4.78. The average molecular weight is 294 g/mol. The number of carboxylic acids is 1. The molecule has 0 fully saturated rings. The number of methoxy groups -OCH3 is 2. The van der Waals surface area contributed by atoms with Gasteiger partial charge in [0.15, 0.2) is 0 Å². The zero-order valence-electron chi connectivity index (χ0n) is 11.3. The molecule has 0 spiro atoms. The first-order valence-corrected chi connectivity index (χ1v) is 6.52. The fourth-order valence-electron chi connectivity index (χ4n) is 1.72. The van der Waals surface area contributed by atoms with Crippen LogP contribution in [0.5, 0.6) is 11.5 Å². The van der Waals surface area contributed by atoms with Gasteiger partial charge in [-0.15, -0.1) is 0 Å². The van der Waals surface area contributed by atoms with Crippen LogP contribution in [0.4, 0.5) is 10.7 Å². The molecular weight excluding hydrogens is 280 g/mol. The summed E-state index contributed by atoms with van der Waals surface area (Å²) < 4.78 is 14.4. The molecule has 1 heterocycles. The third kappa shape index (κ3) is 2.83. The van der Waals surface area contributed by atoms with Gasteiger partial charge in [-0.25, -0.2) is 4.79 Å². The maximum Gasteiger partial charge on any atom is 0.340 e. The van der Waals surface area contributed by atoms with E-state index < -0.39 is 5.97 Å². The Kier molecular flexibility index (Phi) is 4.09. The van der Waals surface area contributed by atoms with Gasteiger partial charge in [0.05, 0.1) is 19.9 Å². The molecule has 2 N–H and O–H groups in total. The Morgan fingerprint density at radius 3 is 2.35 bits per heavy atom. The summed E-state index contributed by atoms with van der Waals surface area (Å²) in [6.45, 7) is 1.66. The van der Waals surface area contributed by atoms with Crippen LogP contribution in [-0.2, 0) is 0 Å². The Bertz CT molecular complexity index is 617. The lowest BCUT2D eigenvalue weighted by molar-refractivity contribution is 0.0697. The van der Waals surface area contributed by atoms with Crippen molar-refractivity contribution >= 4 is 28.2 Å². The Labute approximate surface area is 120 Å². The maximum absolute atomic E-state index is 11.2. The van der Waals surface area contributed by atoms with Crippen molar-refractivity contribution in [3.8, 4) is 11.5 Å². The third-order valence-electron chi connectivity index (χ3n) is 2.69. The van der Waals surface area contributed by atoms with Crippen molar-refractivity contribution in [2.45, 2.75) is 6.92 Å². The molecule has 0 amide bonds. The topological polar surface area (TPSA) is 80.7 Å². The maximum atomic E-state index is 11.2. The number of carboxylic acid groups (broad SMARTS) is 1. The second-order valence-electron chi connectivity index (χ2n) is 4.00.